The Kier molecular flexibility index (Phi) is 4.04. The summed E-state index contributed by atoms with van der Waals surface area (Å²) < 4.78 is 18.8. The number of halogens is 2. The first kappa shape index (κ1) is 14.7. The number of nitro benzene ring substituents is 1. The van der Waals surface area contributed by atoms with Crippen molar-refractivity contribution in [2.24, 2.45) is 0 Å². The topological polar surface area (TPSA) is 89.7 Å². The summed E-state index contributed by atoms with van der Waals surface area (Å²) in [5.41, 5.74) is -1.45. The molecule has 2 aromatic rings. The molecule has 0 amide bonds. The minimum Gasteiger partial charge on any atom is -0.478 e. The van der Waals surface area contributed by atoms with Gasteiger partial charge in [-0.25, -0.2) is 9.18 Å². The molecule has 0 radical (unpaired) electrons. The summed E-state index contributed by atoms with van der Waals surface area (Å²) in [5, 5.41) is 20.1. The highest BCUT2D eigenvalue weighted by Gasteiger charge is 2.23. The summed E-state index contributed by atoms with van der Waals surface area (Å²) in [6, 6.07) is 7.14. The molecule has 0 atom stereocenters. The fourth-order valence-corrected chi connectivity index (χ4v) is 1.69. The van der Waals surface area contributed by atoms with Crippen LogP contribution in [0.3, 0.4) is 0 Å². The first-order chi connectivity index (χ1) is 9.88. The normalized spacial score (nSPS) is 10.2. The molecular weight excluding hydrogens is 305 g/mol. The quantitative estimate of drug-likeness (QED) is 0.683. The van der Waals surface area contributed by atoms with E-state index < -0.39 is 33.7 Å². The third-order valence-electron chi connectivity index (χ3n) is 2.52. The largest absolute Gasteiger partial charge is 0.478 e. The molecule has 2 aromatic carbocycles. The van der Waals surface area contributed by atoms with E-state index in [2.05, 4.69) is 0 Å². The molecule has 6 nitrogen and oxygen atoms in total. The molecule has 108 valence electrons. The Morgan fingerprint density at radius 3 is 2.43 bits per heavy atom. The summed E-state index contributed by atoms with van der Waals surface area (Å²) >= 11 is 5.69. The van der Waals surface area contributed by atoms with Crippen LogP contribution in [0.5, 0.6) is 11.5 Å². The maximum atomic E-state index is 13.6. The van der Waals surface area contributed by atoms with Gasteiger partial charge in [0.05, 0.1) is 4.92 Å². The standard InChI is InChI=1S/C13H7ClFNO5/c14-7-1-3-8(4-2-7)21-12-6-10(15)9(13(17)18)5-11(12)16(19)20/h1-6H,(H,17,18). The number of rotatable bonds is 4. The second-order valence-electron chi connectivity index (χ2n) is 3.92. The maximum absolute atomic E-state index is 13.6. The highest BCUT2D eigenvalue weighted by molar-refractivity contribution is 6.30. The number of carboxylic acids is 1. The third-order valence-corrected chi connectivity index (χ3v) is 2.77. The van der Waals surface area contributed by atoms with Gasteiger partial charge in [0.15, 0.2) is 0 Å². The van der Waals surface area contributed by atoms with Crippen molar-refractivity contribution in [1.82, 2.24) is 0 Å². The Hall–Kier alpha value is -2.67. The molecule has 0 aromatic heterocycles. The number of aromatic carboxylic acids is 1. The summed E-state index contributed by atoms with van der Waals surface area (Å²) in [5.74, 6) is -2.93. The molecule has 0 aliphatic carbocycles. The van der Waals surface area contributed by atoms with Crippen LogP contribution >= 0.6 is 11.6 Å². The molecule has 0 unspecified atom stereocenters. The minimum atomic E-state index is -1.60. The monoisotopic (exact) mass is 311 g/mol. The van der Waals surface area contributed by atoms with Gasteiger partial charge in [-0.15, -0.1) is 0 Å². The van der Waals surface area contributed by atoms with Gasteiger partial charge in [0.1, 0.15) is 17.1 Å². The SMILES string of the molecule is O=C(O)c1cc([N+](=O)[O-])c(Oc2ccc(Cl)cc2)cc1F. The molecule has 0 saturated heterocycles. The molecular formula is C13H7ClFNO5. The van der Waals surface area contributed by atoms with E-state index >= 15 is 0 Å². The predicted molar refractivity (Wildman–Crippen MR) is 71.5 cm³/mol. The van der Waals surface area contributed by atoms with Crippen LogP contribution in [0.1, 0.15) is 10.4 Å². The molecule has 0 aliphatic rings. The van der Waals surface area contributed by atoms with Gasteiger partial charge in [-0.05, 0) is 24.3 Å². The van der Waals surface area contributed by atoms with Crippen LogP contribution in [0.2, 0.25) is 5.02 Å². The number of hydrogen-bond acceptors (Lipinski definition) is 4. The fraction of sp³-hybridized carbons (Fsp3) is 0. The molecule has 2 rings (SSSR count). The van der Waals surface area contributed by atoms with Gasteiger partial charge in [0.25, 0.3) is 0 Å². The summed E-state index contributed by atoms with van der Waals surface area (Å²) in [6.45, 7) is 0. The van der Waals surface area contributed by atoms with Crippen molar-refractivity contribution in [3.63, 3.8) is 0 Å². The van der Waals surface area contributed by atoms with E-state index in [1.165, 1.54) is 24.3 Å². The smallest absolute Gasteiger partial charge is 0.338 e. The van der Waals surface area contributed by atoms with E-state index in [4.69, 9.17) is 21.4 Å². The van der Waals surface area contributed by atoms with Crippen molar-refractivity contribution in [3.8, 4) is 11.5 Å². The number of hydrogen-bond donors (Lipinski definition) is 1. The Morgan fingerprint density at radius 2 is 1.90 bits per heavy atom. The van der Waals surface area contributed by atoms with Crippen molar-refractivity contribution >= 4 is 23.3 Å². The Morgan fingerprint density at radius 1 is 1.29 bits per heavy atom. The van der Waals surface area contributed by atoms with Crippen LogP contribution in [0.15, 0.2) is 36.4 Å². The van der Waals surface area contributed by atoms with Gasteiger partial charge in [0.2, 0.25) is 5.75 Å². The lowest BCUT2D eigenvalue weighted by Gasteiger charge is -2.07. The number of nitro groups is 1. The lowest BCUT2D eigenvalue weighted by atomic mass is 10.1. The fourth-order valence-electron chi connectivity index (χ4n) is 1.56. The lowest BCUT2D eigenvalue weighted by molar-refractivity contribution is -0.385. The summed E-state index contributed by atoms with van der Waals surface area (Å²) in [7, 11) is 0. The van der Waals surface area contributed by atoms with Crippen molar-refractivity contribution < 1.29 is 24.0 Å². The maximum Gasteiger partial charge on any atom is 0.338 e. The molecule has 0 fully saturated rings. The summed E-state index contributed by atoms with van der Waals surface area (Å²) in [6.07, 6.45) is 0. The van der Waals surface area contributed by atoms with Crippen molar-refractivity contribution in [3.05, 3.63) is 62.9 Å². The van der Waals surface area contributed by atoms with Gasteiger partial charge in [-0.1, -0.05) is 11.6 Å². The molecule has 0 saturated carbocycles. The van der Waals surface area contributed by atoms with Crippen LogP contribution in [0.25, 0.3) is 0 Å². The molecule has 0 spiro atoms. The molecule has 21 heavy (non-hydrogen) atoms. The van der Waals surface area contributed by atoms with Crippen molar-refractivity contribution in [2.45, 2.75) is 0 Å². The molecule has 1 N–H and O–H groups in total. The van der Waals surface area contributed by atoms with E-state index in [-0.39, 0.29) is 5.75 Å². The van der Waals surface area contributed by atoms with Crippen LogP contribution in [-0.2, 0) is 0 Å². The second kappa shape index (κ2) is 5.76. The number of carboxylic acid groups (broad SMARTS) is 1. The second-order valence-corrected chi connectivity index (χ2v) is 4.35. The molecule has 0 aliphatic heterocycles. The molecule has 0 heterocycles. The van der Waals surface area contributed by atoms with E-state index in [0.29, 0.717) is 17.2 Å². The zero-order valence-corrected chi connectivity index (χ0v) is 11.0. The van der Waals surface area contributed by atoms with Gasteiger partial charge >= 0.3 is 11.7 Å². The van der Waals surface area contributed by atoms with E-state index in [1.807, 2.05) is 0 Å². The van der Waals surface area contributed by atoms with Gasteiger partial charge in [-0.3, -0.25) is 10.1 Å². The highest BCUT2D eigenvalue weighted by atomic mass is 35.5. The first-order valence-corrected chi connectivity index (χ1v) is 5.91. The Labute approximate surface area is 122 Å². The van der Waals surface area contributed by atoms with E-state index in [0.717, 1.165) is 0 Å². The Bertz CT molecular complexity index is 717. The lowest BCUT2D eigenvalue weighted by Crippen LogP contribution is -2.03. The molecule has 0 bridgehead atoms. The Balaban J connectivity index is 2.47. The highest BCUT2D eigenvalue weighted by Crippen LogP contribution is 2.34. The zero-order valence-electron chi connectivity index (χ0n) is 10.2. The number of nitrogens with zero attached hydrogens (tertiary/aromatic N) is 1. The number of ether oxygens (including phenoxy) is 1. The predicted octanol–water partition coefficient (Wildman–Crippen LogP) is 3.88. The van der Waals surface area contributed by atoms with Crippen LogP contribution in [0, 0.1) is 15.9 Å². The third kappa shape index (κ3) is 3.26. The van der Waals surface area contributed by atoms with Crippen LogP contribution < -0.4 is 4.74 Å². The number of benzene rings is 2. The molecule has 8 heteroatoms. The van der Waals surface area contributed by atoms with Crippen molar-refractivity contribution in [2.75, 3.05) is 0 Å². The average Bonchev–Trinajstić information content (AvgIpc) is 2.40. The zero-order chi connectivity index (χ0) is 15.6. The first-order valence-electron chi connectivity index (χ1n) is 5.53. The average molecular weight is 312 g/mol. The minimum absolute atomic E-state index is 0.199. The van der Waals surface area contributed by atoms with Gasteiger partial charge < -0.3 is 9.84 Å². The number of carbonyl (C=O) groups is 1. The summed E-state index contributed by atoms with van der Waals surface area (Å²) in [4.78, 5) is 20.9. The van der Waals surface area contributed by atoms with Crippen LogP contribution in [0.4, 0.5) is 10.1 Å². The van der Waals surface area contributed by atoms with Gasteiger partial charge in [-0.2, -0.15) is 0 Å². The van der Waals surface area contributed by atoms with Crippen molar-refractivity contribution in [1.29, 1.82) is 0 Å². The van der Waals surface area contributed by atoms with E-state index in [1.54, 1.807) is 0 Å². The van der Waals surface area contributed by atoms with Crippen LogP contribution in [-0.4, -0.2) is 16.0 Å². The van der Waals surface area contributed by atoms with E-state index in [9.17, 15) is 19.3 Å². The van der Waals surface area contributed by atoms with Gasteiger partial charge in [0, 0.05) is 17.2 Å².